The standard InChI is InChI=1S/C18H22FN3O2/c1-23-12-14-3-2-4-16(17(14)19)15-9-21-18(22-10-15)24-11-13-5-7-20-8-6-13/h2-4,9-10,13,20H,5-8,11-12H2,1H3. The monoisotopic (exact) mass is 331 g/mol. The number of aromatic nitrogens is 2. The van der Waals surface area contributed by atoms with Gasteiger partial charge < -0.3 is 14.8 Å². The minimum atomic E-state index is -0.300. The molecule has 0 radical (unpaired) electrons. The van der Waals surface area contributed by atoms with Crippen LogP contribution in [0.2, 0.25) is 0 Å². The number of piperidine rings is 1. The van der Waals surface area contributed by atoms with E-state index in [1.54, 1.807) is 37.7 Å². The molecular formula is C18H22FN3O2. The zero-order chi connectivity index (χ0) is 16.8. The van der Waals surface area contributed by atoms with Gasteiger partial charge in [-0.3, -0.25) is 0 Å². The maximum Gasteiger partial charge on any atom is 0.316 e. The quantitative estimate of drug-likeness (QED) is 0.882. The summed E-state index contributed by atoms with van der Waals surface area (Å²) in [6.45, 7) is 2.92. The van der Waals surface area contributed by atoms with Crippen LogP contribution in [0.25, 0.3) is 11.1 Å². The van der Waals surface area contributed by atoms with E-state index in [0.29, 0.717) is 35.2 Å². The number of nitrogens with one attached hydrogen (secondary N) is 1. The van der Waals surface area contributed by atoms with Crippen molar-refractivity contribution in [2.24, 2.45) is 5.92 Å². The van der Waals surface area contributed by atoms with E-state index >= 15 is 0 Å². The molecule has 1 aliphatic rings. The van der Waals surface area contributed by atoms with Crippen molar-refractivity contribution >= 4 is 0 Å². The molecule has 2 heterocycles. The molecular weight excluding hydrogens is 309 g/mol. The first-order valence-corrected chi connectivity index (χ1v) is 8.20. The van der Waals surface area contributed by atoms with Crippen LogP contribution in [0.3, 0.4) is 0 Å². The van der Waals surface area contributed by atoms with E-state index in [2.05, 4.69) is 15.3 Å². The lowest BCUT2D eigenvalue weighted by Crippen LogP contribution is -2.30. The summed E-state index contributed by atoms with van der Waals surface area (Å²) in [5.41, 5.74) is 1.61. The van der Waals surface area contributed by atoms with Gasteiger partial charge in [-0.2, -0.15) is 0 Å². The van der Waals surface area contributed by atoms with Crippen LogP contribution in [0.1, 0.15) is 18.4 Å². The normalized spacial score (nSPS) is 15.4. The highest BCUT2D eigenvalue weighted by molar-refractivity contribution is 5.63. The zero-order valence-corrected chi connectivity index (χ0v) is 13.8. The Morgan fingerprint density at radius 3 is 2.67 bits per heavy atom. The van der Waals surface area contributed by atoms with Crippen molar-refractivity contribution in [1.29, 1.82) is 0 Å². The fourth-order valence-electron chi connectivity index (χ4n) is 2.84. The third-order valence-corrected chi connectivity index (χ3v) is 4.22. The van der Waals surface area contributed by atoms with E-state index in [1.807, 2.05) is 0 Å². The predicted octanol–water partition coefficient (Wildman–Crippen LogP) is 2.81. The molecule has 0 unspecified atom stereocenters. The van der Waals surface area contributed by atoms with Crippen molar-refractivity contribution in [1.82, 2.24) is 15.3 Å². The Hall–Kier alpha value is -2.05. The summed E-state index contributed by atoms with van der Waals surface area (Å²) in [4.78, 5) is 8.42. The fourth-order valence-corrected chi connectivity index (χ4v) is 2.84. The van der Waals surface area contributed by atoms with Gasteiger partial charge in [0.05, 0.1) is 13.2 Å². The number of benzene rings is 1. The molecule has 1 fully saturated rings. The Labute approximate surface area is 141 Å². The van der Waals surface area contributed by atoms with Gasteiger partial charge in [0.15, 0.2) is 0 Å². The smallest absolute Gasteiger partial charge is 0.316 e. The predicted molar refractivity (Wildman–Crippen MR) is 89.2 cm³/mol. The van der Waals surface area contributed by atoms with Crippen LogP contribution in [0.15, 0.2) is 30.6 Å². The number of hydrogen-bond donors (Lipinski definition) is 1. The van der Waals surface area contributed by atoms with Crippen LogP contribution < -0.4 is 10.1 Å². The number of ether oxygens (including phenoxy) is 2. The van der Waals surface area contributed by atoms with Gasteiger partial charge in [-0.1, -0.05) is 18.2 Å². The second-order valence-corrected chi connectivity index (χ2v) is 5.97. The maximum absolute atomic E-state index is 14.5. The number of hydrogen-bond acceptors (Lipinski definition) is 5. The highest BCUT2D eigenvalue weighted by atomic mass is 19.1. The van der Waals surface area contributed by atoms with Crippen LogP contribution >= 0.6 is 0 Å². The minimum absolute atomic E-state index is 0.234. The van der Waals surface area contributed by atoms with Gasteiger partial charge in [0, 0.05) is 36.2 Å². The van der Waals surface area contributed by atoms with Crippen molar-refractivity contribution in [3.05, 3.63) is 42.0 Å². The fraction of sp³-hybridized carbons (Fsp3) is 0.444. The highest BCUT2D eigenvalue weighted by Crippen LogP contribution is 2.25. The van der Waals surface area contributed by atoms with Crippen molar-refractivity contribution in [2.45, 2.75) is 19.4 Å². The van der Waals surface area contributed by atoms with Crippen LogP contribution in [0.4, 0.5) is 4.39 Å². The third-order valence-electron chi connectivity index (χ3n) is 4.22. The summed E-state index contributed by atoms with van der Waals surface area (Å²) in [7, 11) is 1.55. The Bertz CT molecular complexity index is 658. The van der Waals surface area contributed by atoms with Gasteiger partial charge >= 0.3 is 6.01 Å². The summed E-state index contributed by atoms with van der Waals surface area (Å²) >= 11 is 0. The molecule has 1 aromatic heterocycles. The molecule has 2 aromatic rings. The van der Waals surface area contributed by atoms with Crippen molar-refractivity contribution < 1.29 is 13.9 Å². The lowest BCUT2D eigenvalue weighted by molar-refractivity contribution is 0.181. The van der Waals surface area contributed by atoms with Gasteiger partial charge in [0.1, 0.15) is 5.82 Å². The number of methoxy groups -OCH3 is 1. The Morgan fingerprint density at radius 1 is 1.21 bits per heavy atom. The highest BCUT2D eigenvalue weighted by Gasteiger charge is 2.15. The largest absolute Gasteiger partial charge is 0.463 e. The molecule has 1 aromatic carbocycles. The molecule has 0 saturated carbocycles. The molecule has 6 heteroatoms. The third kappa shape index (κ3) is 4.07. The molecule has 5 nitrogen and oxygen atoms in total. The van der Waals surface area contributed by atoms with Crippen molar-refractivity contribution in [3.63, 3.8) is 0 Å². The molecule has 0 aliphatic carbocycles. The molecule has 0 bridgehead atoms. The van der Waals surface area contributed by atoms with E-state index in [4.69, 9.17) is 9.47 Å². The van der Waals surface area contributed by atoms with E-state index in [0.717, 1.165) is 25.9 Å². The first kappa shape index (κ1) is 16.8. The summed E-state index contributed by atoms with van der Waals surface area (Å²) in [5, 5.41) is 3.33. The second kappa shape index (κ2) is 8.17. The van der Waals surface area contributed by atoms with E-state index < -0.39 is 0 Å². The minimum Gasteiger partial charge on any atom is -0.463 e. The van der Waals surface area contributed by atoms with E-state index in [1.165, 1.54) is 0 Å². The Balaban J connectivity index is 1.67. The average Bonchev–Trinajstić information content (AvgIpc) is 2.63. The first-order valence-electron chi connectivity index (χ1n) is 8.20. The van der Waals surface area contributed by atoms with Crippen LogP contribution in [0, 0.1) is 11.7 Å². The van der Waals surface area contributed by atoms with Crippen molar-refractivity contribution in [2.75, 3.05) is 26.8 Å². The van der Waals surface area contributed by atoms with Gasteiger partial charge in [-0.05, 0) is 31.8 Å². The Kier molecular flexibility index (Phi) is 5.72. The Morgan fingerprint density at radius 2 is 1.96 bits per heavy atom. The van der Waals surface area contributed by atoms with Gasteiger partial charge in [-0.15, -0.1) is 0 Å². The van der Waals surface area contributed by atoms with Gasteiger partial charge in [0.2, 0.25) is 0 Å². The maximum atomic E-state index is 14.5. The van der Waals surface area contributed by atoms with Gasteiger partial charge in [0.25, 0.3) is 0 Å². The molecule has 1 saturated heterocycles. The SMILES string of the molecule is COCc1cccc(-c2cnc(OCC3CCNCC3)nc2)c1F. The zero-order valence-electron chi connectivity index (χ0n) is 13.8. The summed E-state index contributed by atoms with van der Waals surface area (Å²) < 4.78 is 25.1. The molecule has 0 amide bonds. The number of nitrogens with zero attached hydrogens (tertiary/aromatic N) is 2. The van der Waals surface area contributed by atoms with E-state index in [-0.39, 0.29) is 12.4 Å². The molecule has 0 spiro atoms. The van der Waals surface area contributed by atoms with Crippen molar-refractivity contribution in [3.8, 4) is 17.1 Å². The van der Waals surface area contributed by atoms with E-state index in [9.17, 15) is 4.39 Å². The number of rotatable bonds is 6. The summed E-state index contributed by atoms with van der Waals surface area (Å²) in [6, 6.07) is 5.56. The molecule has 1 N–H and O–H groups in total. The van der Waals surface area contributed by atoms with Crippen LogP contribution in [0.5, 0.6) is 6.01 Å². The molecule has 3 rings (SSSR count). The first-order chi connectivity index (χ1) is 11.8. The molecule has 1 aliphatic heterocycles. The average molecular weight is 331 g/mol. The lowest BCUT2D eigenvalue weighted by atomic mass is 9.99. The molecule has 128 valence electrons. The second-order valence-electron chi connectivity index (χ2n) is 5.97. The summed E-state index contributed by atoms with van der Waals surface area (Å²) in [5.74, 6) is 0.240. The topological polar surface area (TPSA) is 56.3 Å². The summed E-state index contributed by atoms with van der Waals surface area (Å²) in [6.07, 6.45) is 5.41. The molecule has 0 atom stereocenters. The van der Waals surface area contributed by atoms with Crippen LogP contribution in [-0.4, -0.2) is 36.8 Å². The number of halogens is 1. The van der Waals surface area contributed by atoms with Gasteiger partial charge in [-0.25, -0.2) is 14.4 Å². The molecule has 24 heavy (non-hydrogen) atoms. The lowest BCUT2D eigenvalue weighted by Gasteiger charge is -2.21. The van der Waals surface area contributed by atoms with Crippen LogP contribution in [-0.2, 0) is 11.3 Å².